The number of aliphatic hydroxyl groups excluding tert-OH is 1. The number of amides is 2. The highest BCUT2D eigenvalue weighted by molar-refractivity contribution is 5.73. The Labute approximate surface area is 105 Å². The van der Waals surface area contributed by atoms with Gasteiger partial charge in [0.25, 0.3) is 0 Å². The van der Waals surface area contributed by atoms with Crippen molar-refractivity contribution in [1.82, 2.24) is 10.6 Å². The van der Waals surface area contributed by atoms with Crippen molar-refractivity contribution in [3.05, 3.63) is 30.1 Å². The summed E-state index contributed by atoms with van der Waals surface area (Å²) >= 11 is 0. The third-order valence-electron chi connectivity index (χ3n) is 2.07. The minimum atomic E-state index is -0.359. The lowest BCUT2D eigenvalue weighted by Crippen LogP contribution is -2.38. The molecule has 1 aromatic carbocycles. The number of carbonyl (C=O) groups is 1. The zero-order valence-electron chi connectivity index (χ0n) is 9.99. The zero-order chi connectivity index (χ0) is 13.2. The second-order valence-corrected chi connectivity index (χ2v) is 3.57. The monoisotopic (exact) mass is 256 g/mol. The largest absolute Gasteiger partial charge is 0.492 e. The van der Waals surface area contributed by atoms with E-state index in [2.05, 4.69) is 10.6 Å². The van der Waals surface area contributed by atoms with Gasteiger partial charge in [-0.1, -0.05) is 6.07 Å². The molecule has 0 atom stereocenters. The van der Waals surface area contributed by atoms with E-state index < -0.39 is 0 Å². The van der Waals surface area contributed by atoms with Crippen molar-refractivity contribution in [3.63, 3.8) is 0 Å². The zero-order valence-corrected chi connectivity index (χ0v) is 9.99. The number of benzene rings is 1. The minimum absolute atomic E-state index is 0.0446. The summed E-state index contributed by atoms with van der Waals surface area (Å²) in [6.45, 7) is 1.05. The van der Waals surface area contributed by atoms with E-state index in [1.165, 1.54) is 12.1 Å². The molecule has 0 aliphatic heterocycles. The molecule has 0 fully saturated rings. The number of carbonyl (C=O) groups excluding carboxylic acids is 1. The molecule has 0 spiro atoms. The minimum Gasteiger partial charge on any atom is -0.492 e. The van der Waals surface area contributed by atoms with Crippen LogP contribution in [0.4, 0.5) is 9.18 Å². The molecular formula is C12H17FN2O3. The standard InChI is InChI=1S/C12H17FN2O3/c13-10-3-1-4-11(9-10)18-8-6-15-12(17)14-5-2-7-16/h1,3-4,9,16H,2,5-8H2,(H2,14,15,17). The fraction of sp³-hybridized carbons (Fsp3) is 0.417. The number of halogens is 1. The van der Waals surface area contributed by atoms with Gasteiger partial charge in [-0.2, -0.15) is 0 Å². The predicted octanol–water partition coefficient (Wildman–Crippen LogP) is 0.886. The molecule has 3 N–H and O–H groups in total. The molecule has 0 saturated carbocycles. The van der Waals surface area contributed by atoms with E-state index >= 15 is 0 Å². The van der Waals surface area contributed by atoms with Crippen LogP contribution in [0.25, 0.3) is 0 Å². The Morgan fingerprint density at radius 1 is 1.33 bits per heavy atom. The van der Waals surface area contributed by atoms with Crippen molar-refractivity contribution in [2.45, 2.75) is 6.42 Å². The van der Waals surface area contributed by atoms with Crippen molar-refractivity contribution >= 4 is 6.03 Å². The molecule has 0 aliphatic carbocycles. The second kappa shape index (κ2) is 8.30. The second-order valence-electron chi connectivity index (χ2n) is 3.57. The summed E-state index contributed by atoms with van der Waals surface area (Å²) < 4.78 is 18.0. The SMILES string of the molecule is O=C(NCCCO)NCCOc1cccc(F)c1. The summed E-state index contributed by atoms with van der Waals surface area (Å²) in [6, 6.07) is 5.50. The van der Waals surface area contributed by atoms with Gasteiger partial charge in [-0.25, -0.2) is 9.18 Å². The number of rotatable bonds is 7. The highest BCUT2D eigenvalue weighted by atomic mass is 19.1. The molecule has 0 unspecified atom stereocenters. The van der Waals surface area contributed by atoms with Gasteiger partial charge in [0.05, 0.1) is 6.54 Å². The first kappa shape index (κ1) is 14.2. The fourth-order valence-electron chi connectivity index (χ4n) is 1.23. The van der Waals surface area contributed by atoms with Gasteiger partial charge in [0.15, 0.2) is 0 Å². The Bertz CT molecular complexity index is 374. The first-order valence-corrected chi connectivity index (χ1v) is 5.73. The van der Waals surface area contributed by atoms with Gasteiger partial charge >= 0.3 is 6.03 Å². The Hall–Kier alpha value is -1.82. The third kappa shape index (κ3) is 6.05. The van der Waals surface area contributed by atoms with Gasteiger partial charge in [-0.15, -0.1) is 0 Å². The van der Waals surface area contributed by atoms with Crippen LogP contribution in [0, 0.1) is 5.82 Å². The number of ether oxygens (including phenoxy) is 1. The number of hydrogen-bond acceptors (Lipinski definition) is 3. The van der Waals surface area contributed by atoms with Gasteiger partial charge in [-0.3, -0.25) is 0 Å². The van der Waals surface area contributed by atoms with Crippen LogP contribution in [0.1, 0.15) is 6.42 Å². The molecule has 100 valence electrons. The van der Waals surface area contributed by atoms with Crippen LogP contribution in [-0.4, -0.2) is 37.4 Å². The molecule has 0 aliphatic rings. The van der Waals surface area contributed by atoms with Crippen molar-refractivity contribution < 1.29 is 19.0 Å². The summed E-state index contributed by atoms with van der Waals surface area (Å²) in [7, 11) is 0. The van der Waals surface area contributed by atoms with Crippen LogP contribution < -0.4 is 15.4 Å². The lowest BCUT2D eigenvalue weighted by atomic mass is 10.3. The average molecular weight is 256 g/mol. The maximum atomic E-state index is 12.8. The van der Waals surface area contributed by atoms with E-state index in [4.69, 9.17) is 9.84 Å². The lowest BCUT2D eigenvalue weighted by Gasteiger charge is -2.08. The Morgan fingerprint density at radius 2 is 2.11 bits per heavy atom. The summed E-state index contributed by atoms with van der Waals surface area (Å²) in [6.07, 6.45) is 0.521. The van der Waals surface area contributed by atoms with E-state index in [1.54, 1.807) is 12.1 Å². The number of urea groups is 1. The molecule has 5 nitrogen and oxygen atoms in total. The summed E-state index contributed by atoms with van der Waals surface area (Å²) in [5, 5.41) is 13.7. The molecule has 0 radical (unpaired) electrons. The van der Waals surface area contributed by atoms with Crippen molar-refractivity contribution in [2.24, 2.45) is 0 Å². The number of hydrogen-bond donors (Lipinski definition) is 3. The summed E-state index contributed by atoms with van der Waals surface area (Å²) in [4.78, 5) is 11.2. The highest BCUT2D eigenvalue weighted by Gasteiger charge is 1.99. The third-order valence-corrected chi connectivity index (χ3v) is 2.07. The molecule has 0 bridgehead atoms. The number of aliphatic hydroxyl groups is 1. The maximum absolute atomic E-state index is 12.8. The van der Waals surface area contributed by atoms with Gasteiger partial charge in [0.2, 0.25) is 0 Å². The smallest absolute Gasteiger partial charge is 0.314 e. The maximum Gasteiger partial charge on any atom is 0.314 e. The molecule has 0 heterocycles. The van der Waals surface area contributed by atoms with Gasteiger partial charge in [-0.05, 0) is 18.6 Å². The number of nitrogens with one attached hydrogen (secondary N) is 2. The van der Waals surface area contributed by atoms with Gasteiger partial charge in [0.1, 0.15) is 18.2 Å². The van der Waals surface area contributed by atoms with E-state index in [9.17, 15) is 9.18 Å². The van der Waals surface area contributed by atoms with Gasteiger partial charge < -0.3 is 20.5 Å². The molecule has 0 saturated heterocycles. The van der Waals surface area contributed by atoms with E-state index in [0.29, 0.717) is 25.3 Å². The summed E-state index contributed by atoms with van der Waals surface area (Å²) in [5.41, 5.74) is 0. The predicted molar refractivity (Wildman–Crippen MR) is 65.0 cm³/mol. The van der Waals surface area contributed by atoms with Crippen LogP contribution in [0.3, 0.4) is 0 Å². The van der Waals surface area contributed by atoms with Crippen LogP contribution in [-0.2, 0) is 0 Å². The first-order valence-electron chi connectivity index (χ1n) is 5.73. The Morgan fingerprint density at radius 3 is 2.83 bits per heavy atom. The molecule has 2 amide bonds. The molecule has 18 heavy (non-hydrogen) atoms. The van der Waals surface area contributed by atoms with Crippen LogP contribution in [0.2, 0.25) is 0 Å². The topological polar surface area (TPSA) is 70.6 Å². The lowest BCUT2D eigenvalue weighted by molar-refractivity contribution is 0.234. The Kier molecular flexibility index (Phi) is 6.56. The average Bonchev–Trinajstić information content (AvgIpc) is 2.35. The van der Waals surface area contributed by atoms with E-state index in [0.717, 1.165) is 0 Å². The van der Waals surface area contributed by atoms with Crippen molar-refractivity contribution in [3.8, 4) is 5.75 Å². The van der Waals surface area contributed by atoms with Crippen molar-refractivity contribution in [1.29, 1.82) is 0 Å². The van der Waals surface area contributed by atoms with Crippen LogP contribution >= 0.6 is 0 Å². The van der Waals surface area contributed by atoms with E-state index in [1.807, 2.05) is 0 Å². The molecule has 6 heteroatoms. The van der Waals surface area contributed by atoms with Crippen LogP contribution in [0.15, 0.2) is 24.3 Å². The van der Waals surface area contributed by atoms with Crippen molar-refractivity contribution in [2.75, 3.05) is 26.3 Å². The molecule has 1 aromatic rings. The highest BCUT2D eigenvalue weighted by Crippen LogP contribution is 2.11. The first-order chi connectivity index (χ1) is 8.72. The normalized spacial score (nSPS) is 9.89. The molecule has 0 aromatic heterocycles. The molecular weight excluding hydrogens is 239 g/mol. The molecule has 1 rings (SSSR count). The summed E-state index contributed by atoms with van der Waals surface area (Å²) in [5.74, 6) is 0.0692. The fourth-order valence-corrected chi connectivity index (χ4v) is 1.23. The van der Waals surface area contributed by atoms with E-state index in [-0.39, 0.29) is 25.1 Å². The quantitative estimate of drug-likeness (QED) is 0.634. The van der Waals surface area contributed by atoms with Gasteiger partial charge in [0, 0.05) is 19.2 Å². The van der Waals surface area contributed by atoms with Crippen LogP contribution in [0.5, 0.6) is 5.75 Å². The Balaban J connectivity index is 2.09.